The normalized spacial score (nSPS) is 15.0. The third-order valence-corrected chi connectivity index (χ3v) is 4.88. The fraction of sp³-hybridized carbons (Fsp3) is 0.500. The van der Waals surface area contributed by atoms with Crippen molar-refractivity contribution >= 4 is 39.6 Å². The first-order valence-electron chi connectivity index (χ1n) is 7.61. The van der Waals surface area contributed by atoms with Crippen molar-refractivity contribution in [2.24, 2.45) is 5.73 Å². The topological polar surface area (TPSA) is 75.4 Å². The molecule has 1 atom stereocenters. The summed E-state index contributed by atoms with van der Waals surface area (Å²) in [7, 11) is 0. The molecule has 2 rings (SSSR count). The number of urea groups is 1. The molecule has 0 aliphatic heterocycles. The number of primary amides is 1. The highest BCUT2D eigenvalue weighted by atomic mass is 79.9. The molecule has 1 aliphatic rings. The van der Waals surface area contributed by atoms with Gasteiger partial charge < -0.3 is 16.0 Å². The number of amides is 3. The second-order valence-electron chi connectivity index (χ2n) is 5.67. The first-order chi connectivity index (χ1) is 11.0. The van der Waals surface area contributed by atoms with Gasteiger partial charge in [0.15, 0.2) is 0 Å². The molecule has 0 radical (unpaired) electrons. The smallest absolute Gasteiger partial charge is 0.312 e. The molecule has 7 heteroatoms. The van der Waals surface area contributed by atoms with E-state index < -0.39 is 12.1 Å². The number of carbonyl (C=O) groups is 2. The summed E-state index contributed by atoms with van der Waals surface area (Å²) in [5, 5.41) is 2.60. The van der Waals surface area contributed by atoms with Crippen molar-refractivity contribution in [2.45, 2.75) is 37.9 Å². The van der Waals surface area contributed by atoms with E-state index in [0.29, 0.717) is 13.0 Å². The fourth-order valence-corrected chi connectivity index (χ4v) is 3.39. The van der Waals surface area contributed by atoms with Gasteiger partial charge in [0.25, 0.3) is 0 Å². The Balaban J connectivity index is 2.10. The van der Waals surface area contributed by atoms with Gasteiger partial charge in [-0.1, -0.05) is 28.1 Å². The minimum Gasteiger partial charge on any atom is -0.352 e. The number of benzene rings is 1. The number of nitrogens with zero attached hydrogens (tertiary/aromatic N) is 1. The van der Waals surface area contributed by atoms with Crippen LogP contribution in [0.3, 0.4) is 0 Å². The zero-order valence-electron chi connectivity index (χ0n) is 13.1. The van der Waals surface area contributed by atoms with Gasteiger partial charge in [-0.15, -0.1) is 0 Å². The van der Waals surface area contributed by atoms with Crippen molar-refractivity contribution in [3.05, 3.63) is 34.3 Å². The summed E-state index contributed by atoms with van der Waals surface area (Å²) in [6.45, 7) is 0.555. The van der Waals surface area contributed by atoms with E-state index in [1.54, 1.807) is 11.8 Å². The van der Waals surface area contributed by atoms with Gasteiger partial charge >= 0.3 is 6.03 Å². The predicted octanol–water partition coefficient (Wildman–Crippen LogP) is 2.73. The lowest BCUT2D eigenvalue weighted by Gasteiger charge is -2.28. The van der Waals surface area contributed by atoms with E-state index in [1.165, 1.54) is 0 Å². The second kappa shape index (κ2) is 8.59. The molecule has 0 aromatic heterocycles. The first-order valence-corrected chi connectivity index (χ1v) is 9.79. The summed E-state index contributed by atoms with van der Waals surface area (Å²) < 4.78 is 0.993. The molecule has 3 N–H and O–H groups in total. The van der Waals surface area contributed by atoms with E-state index in [1.807, 2.05) is 35.4 Å². The molecule has 0 unspecified atom stereocenters. The number of nitrogens with two attached hydrogens (primary N) is 1. The van der Waals surface area contributed by atoms with Crippen LogP contribution in [0.5, 0.6) is 0 Å². The molecule has 23 heavy (non-hydrogen) atoms. The maximum absolute atomic E-state index is 12.9. The average molecular weight is 400 g/mol. The van der Waals surface area contributed by atoms with Gasteiger partial charge in [0, 0.05) is 17.1 Å². The van der Waals surface area contributed by atoms with Crippen LogP contribution in [-0.2, 0) is 11.3 Å². The monoisotopic (exact) mass is 399 g/mol. The number of rotatable bonds is 8. The third-order valence-electron chi connectivity index (χ3n) is 3.74. The number of hydrogen-bond donors (Lipinski definition) is 2. The van der Waals surface area contributed by atoms with Crippen LogP contribution in [0.2, 0.25) is 0 Å². The van der Waals surface area contributed by atoms with Crippen LogP contribution < -0.4 is 11.1 Å². The lowest BCUT2D eigenvalue weighted by Crippen LogP contribution is -2.50. The van der Waals surface area contributed by atoms with Crippen LogP contribution in [0.15, 0.2) is 28.7 Å². The summed E-state index contributed by atoms with van der Waals surface area (Å²) in [6, 6.07) is 7.01. The van der Waals surface area contributed by atoms with Gasteiger partial charge in [0.05, 0.1) is 0 Å². The van der Waals surface area contributed by atoms with Gasteiger partial charge in [0.2, 0.25) is 5.91 Å². The van der Waals surface area contributed by atoms with Gasteiger partial charge in [-0.2, -0.15) is 11.8 Å². The summed E-state index contributed by atoms with van der Waals surface area (Å²) in [5.41, 5.74) is 6.30. The number of carbonyl (C=O) groups excluding carboxylic acids is 2. The highest BCUT2D eigenvalue weighted by molar-refractivity contribution is 9.10. The lowest BCUT2D eigenvalue weighted by atomic mass is 10.1. The van der Waals surface area contributed by atoms with Crippen molar-refractivity contribution < 1.29 is 9.59 Å². The number of halogens is 1. The van der Waals surface area contributed by atoms with E-state index in [4.69, 9.17) is 5.73 Å². The third kappa shape index (κ3) is 5.73. The Labute approximate surface area is 149 Å². The minimum absolute atomic E-state index is 0.0414. The molecule has 0 bridgehead atoms. The van der Waals surface area contributed by atoms with E-state index >= 15 is 0 Å². The Kier molecular flexibility index (Phi) is 6.77. The Morgan fingerprint density at radius 3 is 2.78 bits per heavy atom. The SMILES string of the molecule is CSCC[C@@H](NC(N)=O)C(=O)N(Cc1cccc(Br)c1)C1CC1. The van der Waals surface area contributed by atoms with Crippen molar-refractivity contribution in [1.29, 1.82) is 0 Å². The molecule has 5 nitrogen and oxygen atoms in total. The maximum atomic E-state index is 12.9. The van der Waals surface area contributed by atoms with E-state index in [-0.39, 0.29) is 11.9 Å². The second-order valence-corrected chi connectivity index (χ2v) is 7.57. The highest BCUT2D eigenvalue weighted by Gasteiger charge is 2.36. The van der Waals surface area contributed by atoms with Crippen LogP contribution in [-0.4, -0.2) is 40.9 Å². The molecule has 1 saturated carbocycles. The largest absolute Gasteiger partial charge is 0.352 e. The van der Waals surface area contributed by atoms with Crippen LogP contribution in [0.1, 0.15) is 24.8 Å². The van der Waals surface area contributed by atoms with Gasteiger partial charge in [-0.25, -0.2) is 4.79 Å². The van der Waals surface area contributed by atoms with Crippen LogP contribution in [0, 0.1) is 0 Å². The molecule has 1 aliphatic carbocycles. The molecule has 1 aromatic carbocycles. The maximum Gasteiger partial charge on any atom is 0.312 e. The molecule has 1 fully saturated rings. The summed E-state index contributed by atoms with van der Waals surface area (Å²) in [6.07, 6.45) is 4.60. The fourth-order valence-electron chi connectivity index (χ4n) is 2.47. The Bertz CT molecular complexity index is 566. The zero-order chi connectivity index (χ0) is 16.8. The van der Waals surface area contributed by atoms with E-state index in [0.717, 1.165) is 28.6 Å². The van der Waals surface area contributed by atoms with Gasteiger partial charge in [-0.05, 0) is 49.0 Å². The van der Waals surface area contributed by atoms with Gasteiger partial charge in [0.1, 0.15) is 6.04 Å². The number of thioether (sulfide) groups is 1. The summed E-state index contributed by atoms with van der Waals surface area (Å²) in [4.78, 5) is 26.0. The standard InChI is InChI=1S/C16H22BrN3O2S/c1-23-8-7-14(19-16(18)22)15(21)20(13-5-6-13)10-11-3-2-4-12(17)9-11/h2-4,9,13-14H,5-8,10H2,1H3,(H3,18,19,22)/t14-/m1/s1. The quantitative estimate of drug-likeness (QED) is 0.705. The Morgan fingerprint density at radius 2 is 2.22 bits per heavy atom. The molecular weight excluding hydrogens is 378 g/mol. The van der Waals surface area contributed by atoms with Crippen LogP contribution in [0.25, 0.3) is 0 Å². The Hall–Kier alpha value is -1.21. The van der Waals surface area contributed by atoms with Crippen molar-refractivity contribution in [3.63, 3.8) is 0 Å². The molecule has 1 aromatic rings. The average Bonchev–Trinajstić information content (AvgIpc) is 3.33. The zero-order valence-corrected chi connectivity index (χ0v) is 15.5. The molecular formula is C16H22BrN3O2S. The molecule has 3 amide bonds. The molecule has 126 valence electrons. The number of nitrogens with one attached hydrogen (secondary N) is 1. The number of hydrogen-bond acceptors (Lipinski definition) is 3. The molecule has 0 saturated heterocycles. The van der Waals surface area contributed by atoms with E-state index in [9.17, 15) is 9.59 Å². The van der Waals surface area contributed by atoms with Crippen LogP contribution >= 0.6 is 27.7 Å². The van der Waals surface area contributed by atoms with Crippen molar-refractivity contribution in [1.82, 2.24) is 10.2 Å². The predicted molar refractivity (Wildman–Crippen MR) is 97.2 cm³/mol. The summed E-state index contributed by atoms with van der Waals surface area (Å²) >= 11 is 5.10. The summed E-state index contributed by atoms with van der Waals surface area (Å²) in [5.74, 6) is 0.756. The lowest BCUT2D eigenvalue weighted by molar-refractivity contribution is -0.134. The highest BCUT2D eigenvalue weighted by Crippen LogP contribution is 2.29. The van der Waals surface area contributed by atoms with E-state index in [2.05, 4.69) is 21.2 Å². The minimum atomic E-state index is -0.650. The van der Waals surface area contributed by atoms with Crippen LogP contribution in [0.4, 0.5) is 4.79 Å². The molecule has 0 heterocycles. The van der Waals surface area contributed by atoms with Gasteiger partial charge in [-0.3, -0.25) is 4.79 Å². The first kappa shape index (κ1) is 18.1. The van der Waals surface area contributed by atoms with Crippen molar-refractivity contribution in [3.8, 4) is 0 Å². The van der Waals surface area contributed by atoms with Crippen molar-refractivity contribution in [2.75, 3.05) is 12.0 Å². The molecule has 0 spiro atoms. The Morgan fingerprint density at radius 1 is 1.48 bits per heavy atom.